The Balaban J connectivity index is 1.26. The van der Waals surface area contributed by atoms with Crippen molar-refractivity contribution in [3.63, 3.8) is 0 Å². The van der Waals surface area contributed by atoms with Crippen molar-refractivity contribution >= 4 is 49.8 Å². The van der Waals surface area contributed by atoms with E-state index in [-0.39, 0.29) is 5.41 Å². The fourth-order valence-electron chi connectivity index (χ4n) is 8.34. The van der Waals surface area contributed by atoms with Gasteiger partial charge in [-0.3, -0.25) is 0 Å². The summed E-state index contributed by atoms with van der Waals surface area (Å²) in [6, 6.07) is 63.9. The predicted octanol–water partition coefficient (Wildman–Crippen LogP) is 13.8. The molecule has 51 heavy (non-hydrogen) atoms. The number of anilines is 3. The van der Waals surface area contributed by atoms with Crippen molar-refractivity contribution in [3.05, 3.63) is 187 Å². The smallest absolute Gasteiger partial charge is 0.135 e. The number of fused-ring (bicyclic) bond motifs is 7. The maximum atomic E-state index is 6.30. The molecule has 0 aliphatic heterocycles. The molecule has 1 aromatic heterocycles. The van der Waals surface area contributed by atoms with E-state index in [1.165, 1.54) is 49.7 Å². The van der Waals surface area contributed by atoms with Crippen molar-refractivity contribution in [1.29, 1.82) is 0 Å². The van der Waals surface area contributed by atoms with Gasteiger partial charge in [-0.25, -0.2) is 0 Å². The molecule has 10 rings (SSSR count). The van der Waals surface area contributed by atoms with Gasteiger partial charge in [-0.2, -0.15) is 0 Å². The van der Waals surface area contributed by atoms with Crippen LogP contribution in [0.15, 0.2) is 180 Å². The largest absolute Gasteiger partial charge is 0.456 e. The summed E-state index contributed by atoms with van der Waals surface area (Å²) in [5.41, 5.74) is 15.1. The SMILES string of the molecule is CC1(C)c2ccccc2-c2ccc(N(c3ccccc3)c3cccc(-c4ccc5ccccc5c4)c3-c3ccc4oc5ccccc5c4c3)cc21. The van der Waals surface area contributed by atoms with Crippen LogP contribution in [0.3, 0.4) is 0 Å². The van der Waals surface area contributed by atoms with E-state index in [0.717, 1.165) is 44.6 Å². The first-order chi connectivity index (χ1) is 25.0. The molecule has 0 bridgehead atoms. The van der Waals surface area contributed by atoms with Gasteiger partial charge < -0.3 is 9.32 Å². The number of nitrogens with zero attached hydrogens (tertiary/aromatic N) is 1. The van der Waals surface area contributed by atoms with Crippen molar-refractivity contribution in [1.82, 2.24) is 0 Å². The normalized spacial score (nSPS) is 13.1. The van der Waals surface area contributed by atoms with Crippen molar-refractivity contribution in [2.45, 2.75) is 19.3 Å². The maximum Gasteiger partial charge on any atom is 0.135 e. The molecule has 8 aromatic carbocycles. The number of benzene rings is 8. The van der Waals surface area contributed by atoms with E-state index in [9.17, 15) is 0 Å². The molecule has 0 fully saturated rings. The zero-order valence-electron chi connectivity index (χ0n) is 28.6. The van der Waals surface area contributed by atoms with Gasteiger partial charge in [0.25, 0.3) is 0 Å². The molecule has 1 heterocycles. The molecule has 0 saturated carbocycles. The highest BCUT2D eigenvalue weighted by Crippen LogP contribution is 2.52. The number of para-hydroxylation sites is 2. The fraction of sp³-hybridized carbons (Fsp3) is 0.0612. The Labute approximate surface area is 297 Å². The van der Waals surface area contributed by atoms with Crippen LogP contribution in [0.4, 0.5) is 17.1 Å². The molecular formula is C49H35NO. The molecule has 2 nitrogen and oxygen atoms in total. The molecule has 0 N–H and O–H groups in total. The van der Waals surface area contributed by atoms with E-state index in [1.807, 2.05) is 12.1 Å². The van der Waals surface area contributed by atoms with E-state index < -0.39 is 0 Å². The summed E-state index contributed by atoms with van der Waals surface area (Å²) in [4.78, 5) is 2.44. The van der Waals surface area contributed by atoms with Crippen LogP contribution in [-0.4, -0.2) is 0 Å². The van der Waals surface area contributed by atoms with Crippen LogP contribution in [0.1, 0.15) is 25.0 Å². The van der Waals surface area contributed by atoms with Gasteiger partial charge in [-0.05, 0) is 104 Å². The molecule has 0 unspecified atom stereocenters. The molecule has 0 atom stereocenters. The molecule has 242 valence electrons. The van der Waals surface area contributed by atoms with E-state index >= 15 is 0 Å². The topological polar surface area (TPSA) is 16.4 Å². The van der Waals surface area contributed by atoms with Crippen LogP contribution in [-0.2, 0) is 5.41 Å². The second-order valence-corrected chi connectivity index (χ2v) is 14.1. The van der Waals surface area contributed by atoms with Gasteiger partial charge in [0.15, 0.2) is 0 Å². The molecule has 0 saturated heterocycles. The van der Waals surface area contributed by atoms with Gasteiger partial charge in [-0.1, -0.05) is 135 Å². The lowest BCUT2D eigenvalue weighted by Crippen LogP contribution is -2.17. The van der Waals surface area contributed by atoms with Gasteiger partial charge in [0.2, 0.25) is 0 Å². The van der Waals surface area contributed by atoms with Gasteiger partial charge in [-0.15, -0.1) is 0 Å². The van der Waals surface area contributed by atoms with E-state index in [0.29, 0.717) is 0 Å². The molecule has 1 aliphatic rings. The number of furan rings is 1. The second kappa shape index (κ2) is 11.3. The molecule has 0 amide bonds. The first kappa shape index (κ1) is 29.5. The average molecular weight is 654 g/mol. The average Bonchev–Trinajstić information content (AvgIpc) is 3.66. The Bertz CT molecular complexity index is 2790. The minimum absolute atomic E-state index is 0.118. The number of rotatable bonds is 5. The lowest BCUT2D eigenvalue weighted by Gasteiger charge is -2.30. The van der Waals surface area contributed by atoms with E-state index in [1.54, 1.807) is 0 Å². The van der Waals surface area contributed by atoms with Crippen LogP contribution in [0.25, 0.3) is 66.1 Å². The Morgan fingerprint density at radius 2 is 1.14 bits per heavy atom. The summed E-state index contributed by atoms with van der Waals surface area (Å²) in [5.74, 6) is 0. The van der Waals surface area contributed by atoms with Crippen LogP contribution in [0.2, 0.25) is 0 Å². The van der Waals surface area contributed by atoms with Gasteiger partial charge >= 0.3 is 0 Å². The van der Waals surface area contributed by atoms with Crippen LogP contribution in [0, 0.1) is 0 Å². The Morgan fingerprint density at radius 3 is 2.04 bits per heavy atom. The maximum absolute atomic E-state index is 6.30. The minimum Gasteiger partial charge on any atom is -0.456 e. The number of hydrogen-bond acceptors (Lipinski definition) is 2. The van der Waals surface area contributed by atoms with E-state index in [4.69, 9.17) is 4.42 Å². The summed E-state index contributed by atoms with van der Waals surface area (Å²) < 4.78 is 6.30. The summed E-state index contributed by atoms with van der Waals surface area (Å²) in [6.45, 7) is 4.70. The molecule has 1 aliphatic carbocycles. The molecule has 0 radical (unpaired) electrons. The highest BCUT2D eigenvalue weighted by molar-refractivity contribution is 6.08. The van der Waals surface area contributed by atoms with Crippen LogP contribution >= 0.6 is 0 Å². The third kappa shape index (κ3) is 4.64. The van der Waals surface area contributed by atoms with E-state index in [2.05, 4.69) is 183 Å². The van der Waals surface area contributed by atoms with Gasteiger partial charge in [0, 0.05) is 33.1 Å². The Hall–Kier alpha value is -6.38. The summed E-state index contributed by atoms with van der Waals surface area (Å²) in [5, 5.41) is 4.70. The Morgan fingerprint density at radius 1 is 0.431 bits per heavy atom. The van der Waals surface area contributed by atoms with Crippen LogP contribution < -0.4 is 4.90 Å². The Kier molecular flexibility index (Phi) is 6.56. The van der Waals surface area contributed by atoms with Crippen molar-refractivity contribution in [2.75, 3.05) is 4.90 Å². The quantitative estimate of drug-likeness (QED) is 0.184. The first-order valence-corrected chi connectivity index (χ1v) is 17.7. The lowest BCUT2D eigenvalue weighted by molar-refractivity contribution is 0.660. The summed E-state index contributed by atoms with van der Waals surface area (Å²) in [6.07, 6.45) is 0. The van der Waals surface area contributed by atoms with Crippen molar-refractivity contribution < 1.29 is 4.42 Å². The zero-order valence-corrected chi connectivity index (χ0v) is 28.6. The van der Waals surface area contributed by atoms with Gasteiger partial charge in [0.05, 0.1) is 5.69 Å². The highest BCUT2D eigenvalue weighted by Gasteiger charge is 2.36. The van der Waals surface area contributed by atoms with Gasteiger partial charge in [0.1, 0.15) is 11.2 Å². The summed E-state index contributed by atoms with van der Waals surface area (Å²) in [7, 11) is 0. The van der Waals surface area contributed by atoms with Crippen LogP contribution in [0.5, 0.6) is 0 Å². The van der Waals surface area contributed by atoms with Crippen molar-refractivity contribution in [3.8, 4) is 33.4 Å². The minimum atomic E-state index is -0.118. The second-order valence-electron chi connectivity index (χ2n) is 14.1. The summed E-state index contributed by atoms with van der Waals surface area (Å²) >= 11 is 0. The number of hydrogen-bond donors (Lipinski definition) is 0. The lowest BCUT2D eigenvalue weighted by atomic mass is 9.82. The third-order valence-electron chi connectivity index (χ3n) is 10.8. The fourth-order valence-corrected chi connectivity index (χ4v) is 8.34. The standard InChI is InChI=1S/C49H35NO/c1-49(2)43-20-10-8-17-39(43)40-27-26-37(31-44(40)49)50(36-15-4-3-5-16-36)45-21-12-19-38(34-24-23-32-13-6-7-14-33(32)29-34)48(45)35-25-28-47-42(30-35)41-18-9-11-22-46(41)51-47/h3-31H,1-2H3. The predicted molar refractivity (Wildman–Crippen MR) is 214 cm³/mol. The first-order valence-electron chi connectivity index (χ1n) is 17.7. The van der Waals surface area contributed by atoms with Crippen molar-refractivity contribution in [2.24, 2.45) is 0 Å². The molecular weight excluding hydrogens is 619 g/mol. The highest BCUT2D eigenvalue weighted by atomic mass is 16.3. The zero-order chi connectivity index (χ0) is 34.1. The molecule has 0 spiro atoms. The molecule has 9 aromatic rings. The third-order valence-corrected chi connectivity index (χ3v) is 10.8. The molecule has 2 heteroatoms. The monoisotopic (exact) mass is 653 g/mol.